The van der Waals surface area contributed by atoms with Gasteiger partial charge in [0.1, 0.15) is 4.90 Å². The quantitative estimate of drug-likeness (QED) is 0.810. The summed E-state index contributed by atoms with van der Waals surface area (Å²) in [5.74, 6) is 0.219. The molecule has 98 valence electrons. The topological polar surface area (TPSA) is 74.8 Å². The number of rotatable bonds is 5. The van der Waals surface area contributed by atoms with Gasteiger partial charge < -0.3 is 0 Å². The van der Waals surface area contributed by atoms with Gasteiger partial charge in [0, 0.05) is 11.4 Å². The zero-order valence-electron chi connectivity index (χ0n) is 10.4. The summed E-state index contributed by atoms with van der Waals surface area (Å²) >= 11 is 3.32. The van der Waals surface area contributed by atoms with Crippen molar-refractivity contribution in [3.05, 3.63) is 11.4 Å². The average molecular weight is 324 g/mol. The summed E-state index contributed by atoms with van der Waals surface area (Å²) in [7, 11) is -3.51. The van der Waals surface area contributed by atoms with Gasteiger partial charge in [-0.3, -0.25) is 5.10 Å². The third-order valence-corrected chi connectivity index (χ3v) is 5.06. The van der Waals surface area contributed by atoms with Crippen LogP contribution in [-0.2, 0) is 10.0 Å². The van der Waals surface area contributed by atoms with Crippen LogP contribution in [0.25, 0.3) is 0 Å². The van der Waals surface area contributed by atoms with E-state index in [9.17, 15) is 8.42 Å². The molecule has 0 aliphatic carbocycles. The van der Waals surface area contributed by atoms with Crippen molar-refractivity contribution >= 4 is 26.0 Å². The molecular formula is C10H18BrN3O2S. The van der Waals surface area contributed by atoms with Gasteiger partial charge >= 0.3 is 0 Å². The zero-order chi connectivity index (χ0) is 13.2. The van der Waals surface area contributed by atoms with E-state index in [1.54, 1.807) is 13.8 Å². The van der Waals surface area contributed by atoms with Crippen molar-refractivity contribution in [1.29, 1.82) is 0 Å². The van der Waals surface area contributed by atoms with E-state index >= 15 is 0 Å². The van der Waals surface area contributed by atoms with Crippen LogP contribution < -0.4 is 4.72 Å². The van der Waals surface area contributed by atoms with Gasteiger partial charge in [0.2, 0.25) is 10.0 Å². The summed E-state index contributed by atoms with van der Waals surface area (Å²) in [5, 5.41) is 7.17. The van der Waals surface area contributed by atoms with E-state index in [1.165, 1.54) is 0 Å². The summed E-state index contributed by atoms with van der Waals surface area (Å²) in [6, 6.07) is -0.131. The summed E-state index contributed by atoms with van der Waals surface area (Å²) in [6.07, 6.45) is 0. The molecule has 0 spiro atoms. The van der Waals surface area contributed by atoms with Gasteiger partial charge in [-0.25, -0.2) is 13.1 Å². The number of alkyl halides is 1. The fourth-order valence-corrected chi connectivity index (χ4v) is 4.42. The smallest absolute Gasteiger partial charge is 0.244 e. The van der Waals surface area contributed by atoms with E-state index in [-0.39, 0.29) is 16.9 Å². The first kappa shape index (κ1) is 14.7. The third kappa shape index (κ3) is 3.29. The first-order valence-electron chi connectivity index (χ1n) is 5.39. The standard InChI is InChI=1S/C10H18BrN3O2S/c1-6(2)9(5-11)14-17(15,16)10-7(3)12-13-8(10)4/h6,9,14H,5H2,1-4H3,(H,12,13). The molecule has 1 aromatic rings. The summed E-state index contributed by atoms with van der Waals surface area (Å²) in [5.41, 5.74) is 1.05. The van der Waals surface area contributed by atoms with Crippen molar-refractivity contribution in [2.24, 2.45) is 5.92 Å². The van der Waals surface area contributed by atoms with E-state index in [1.807, 2.05) is 13.8 Å². The lowest BCUT2D eigenvalue weighted by Crippen LogP contribution is -2.40. The average Bonchev–Trinajstić information content (AvgIpc) is 2.55. The number of aromatic amines is 1. The fraction of sp³-hybridized carbons (Fsp3) is 0.700. The Labute approximate surface area is 111 Å². The molecular weight excluding hydrogens is 306 g/mol. The molecule has 1 rings (SSSR count). The molecule has 1 heterocycles. The Morgan fingerprint density at radius 3 is 2.35 bits per heavy atom. The van der Waals surface area contributed by atoms with E-state index in [4.69, 9.17) is 0 Å². The summed E-state index contributed by atoms with van der Waals surface area (Å²) in [4.78, 5) is 0.254. The van der Waals surface area contributed by atoms with Crippen LogP contribution in [0.4, 0.5) is 0 Å². The third-order valence-electron chi connectivity index (χ3n) is 2.61. The molecule has 1 atom stereocenters. The molecule has 0 amide bonds. The Morgan fingerprint density at radius 1 is 1.41 bits per heavy atom. The number of hydrogen-bond acceptors (Lipinski definition) is 3. The van der Waals surface area contributed by atoms with Crippen LogP contribution in [0.5, 0.6) is 0 Å². The van der Waals surface area contributed by atoms with E-state index in [0.717, 1.165) is 0 Å². The van der Waals surface area contributed by atoms with Crippen molar-refractivity contribution in [2.45, 2.75) is 38.6 Å². The number of H-pyrrole nitrogens is 1. The van der Waals surface area contributed by atoms with E-state index in [2.05, 4.69) is 30.8 Å². The maximum atomic E-state index is 12.2. The normalized spacial score (nSPS) is 14.2. The number of nitrogens with zero attached hydrogens (tertiary/aromatic N) is 1. The number of sulfonamides is 1. The zero-order valence-corrected chi connectivity index (χ0v) is 12.8. The minimum Gasteiger partial charge on any atom is -0.281 e. The minimum atomic E-state index is -3.51. The SMILES string of the molecule is Cc1n[nH]c(C)c1S(=O)(=O)NC(CBr)C(C)C. The maximum absolute atomic E-state index is 12.2. The second-order valence-electron chi connectivity index (χ2n) is 4.39. The summed E-state index contributed by atoms with van der Waals surface area (Å²) < 4.78 is 27.1. The predicted molar refractivity (Wildman–Crippen MR) is 70.8 cm³/mol. The molecule has 17 heavy (non-hydrogen) atoms. The number of aryl methyl sites for hydroxylation is 2. The molecule has 0 saturated heterocycles. The minimum absolute atomic E-state index is 0.131. The van der Waals surface area contributed by atoms with Gasteiger partial charge in [0.25, 0.3) is 0 Å². The van der Waals surface area contributed by atoms with E-state index < -0.39 is 10.0 Å². The van der Waals surface area contributed by atoms with Crippen LogP contribution in [0.3, 0.4) is 0 Å². The van der Waals surface area contributed by atoms with Gasteiger partial charge in [-0.2, -0.15) is 5.10 Å². The highest BCUT2D eigenvalue weighted by Crippen LogP contribution is 2.18. The highest BCUT2D eigenvalue weighted by Gasteiger charge is 2.26. The van der Waals surface area contributed by atoms with Crippen LogP contribution in [0, 0.1) is 19.8 Å². The summed E-state index contributed by atoms with van der Waals surface area (Å²) in [6.45, 7) is 7.33. The van der Waals surface area contributed by atoms with Crippen molar-refractivity contribution in [3.63, 3.8) is 0 Å². The van der Waals surface area contributed by atoms with Crippen LogP contribution in [0.15, 0.2) is 4.90 Å². The first-order chi connectivity index (χ1) is 7.79. The fourth-order valence-electron chi connectivity index (χ4n) is 1.54. The van der Waals surface area contributed by atoms with Crippen LogP contribution in [-0.4, -0.2) is 30.0 Å². The molecule has 2 N–H and O–H groups in total. The van der Waals surface area contributed by atoms with Crippen LogP contribution in [0.1, 0.15) is 25.2 Å². The van der Waals surface area contributed by atoms with Crippen molar-refractivity contribution in [1.82, 2.24) is 14.9 Å². The van der Waals surface area contributed by atoms with E-state index in [0.29, 0.717) is 16.7 Å². The first-order valence-corrected chi connectivity index (χ1v) is 8.00. The Kier molecular flexibility index (Phi) is 4.74. The molecule has 0 aromatic carbocycles. The Morgan fingerprint density at radius 2 is 2.00 bits per heavy atom. The molecule has 7 heteroatoms. The van der Waals surface area contributed by atoms with Gasteiger partial charge in [-0.1, -0.05) is 29.8 Å². The lowest BCUT2D eigenvalue weighted by Gasteiger charge is -2.19. The molecule has 0 bridgehead atoms. The van der Waals surface area contributed by atoms with Crippen LogP contribution in [0.2, 0.25) is 0 Å². The molecule has 1 aromatic heterocycles. The number of halogens is 1. The molecule has 0 radical (unpaired) electrons. The van der Waals surface area contributed by atoms with Gasteiger partial charge in [0.15, 0.2) is 0 Å². The van der Waals surface area contributed by atoms with Crippen molar-refractivity contribution < 1.29 is 8.42 Å². The molecule has 0 saturated carbocycles. The van der Waals surface area contributed by atoms with Gasteiger partial charge in [-0.05, 0) is 19.8 Å². The molecule has 5 nitrogen and oxygen atoms in total. The lowest BCUT2D eigenvalue weighted by atomic mass is 10.1. The molecule has 0 aliphatic heterocycles. The number of nitrogens with one attached hydrogen (secondary N) is 2. The Bertz CT molecular complexity index is 462. The second kappa shape index (κ2) is 5.49. The highest BCUT2D eigenvalue weighted by molar-refractivity contribution is 9.09. The number of aromatic nitrogens is 2. The highest BCUT2D eigenvalue weighted by atomic mass is 79.9. The van der Waals surface area contributed by atoms with Crippen molar-refractivity contribution in [3.8, 4) is 0 Å². The lowest BCUT2D eigenvalue weighted by molar-refractivity contribution is 0.483. The molecule has 0 aliphatic rings. The number of hydrogen-bond donors (Lipinski definition) is 2. The van der Waals surface area contributed by atoms with Gasteiger partial charge in [-0.15, -0.1) is 0 Å². The monoisotopic (exact) mass is 323 g/mol. The predicted octanol–water partition coefficient (Wildman–Crippen LogP) is 1.72. The second-order valence-corrected chi connectivity index (χ2v) is 6.69. The Balaban J connectivity index is 3.05. The maximum Gasteiger partial charge on any atom is 0.244 e. The molecule has 0 fully saturated rings. The Hall–Kier alpha value is -0.400. The largest absolute Gasteiger partial charge is 0.281 e. The van der Waals surface area contributed by atoms with Crippen molar-refractivity contribution in [2.75, 3.05) is 5.33 Å². The van der Waals surface area contributed by atoms with Crippen LogP contribution >= 0.6 is 15.9 Å². The van der Waals surface area contributed by atoms with Gasteiger partial charge in [0.05, 0.1) is 11.4 Å². The molecule has 1 unspecified atom stereocenters.